The molecule has 1 N–H and O–H groups in total. The van der Waals surface area contributed by atoms with Crippen LogP contribution in [-0.2, 0) is 11.2 Å². The van der Waals surface area contributed by atoms with Crippen LogP contribution in [0.4, 0.5) is 5.82 Å². The summed E-state index contributed by atoms with van der Waals surface area (Å²) >= 11 is 0. The summed E-state index contributed by atoms with van der Waals surface area (Å²) < 4.78 is 5.66. The van der Waals surface area contributed by atoms with Gasteiger partial charge >= 0.3 is 0 Å². The zero-order valence-electron chi connectivity index (χ0n) is 11.6. The van der Waals surface area contributed by atoms with E-state index in [0.717, 1.165) is 24.6 Å². The predicted octanol–water partition coefficient (Wildman–Crippen LogP) is 0.255. The van der Waals surface area contributed by atoms with E-state index in [1.54, 1.807) is 18.6 Å². The van der Waals surface area contributed by atoms with E-state index in [1.165, 1.54) is 6.33 Å². The summed E-state index contributed by atoms with van der Waals surface area (Å²) in [5.41, 5.74) is 0.666. The van der Waals surface area contributed by atoms with Crippen LogP contribution in [0.3, 0.4) is 0 Å². The molecule has 0 saturated carbocycles. The number of aromatic nitrogens is 4. The number of nitrogens with zero attached hydrogens (tertiary/aromatic N) is 4. The molecule has 1 aliphatic rings. The molecular weight excluding hydrogens is 270 g/mol. The fraction of sp³-hybridized carbons (Fsp3) is 0.429. The van der Waals surface area contributed by atoms with E-state index in [4.69, 9.17) is 4.74 Å². The molecule has 1 saturated heterocycles. The average Bonchev–Trinajstić information content (AvgIpc) is 2.74. The van der Waals surface area contributed by atoms with Gasteiger partial charge in [-0.25, -0.2) is 15.0 Å². The van der Waals surface area contributed by atoms with Crippen LogP contribution in [-0.4, -0.2) is 46.2 Å². The lowest BCUT2D eigenvalue weighted by Crippen LogP contribution is -2.31. The van der Waals surface area contributed by atoms with Crippen LogP contribution in [0.2, 0.25) is 0 Å². The molecule has 1 unspecified atom stereocenters. The third kappa shape index (κ3) is 3.63. The lowest BCUT2D eigenvalue weighted by Gasteiger charge is -2.24. The molecule has 1 fully saturated rings. The van der Waals surface area contributed by atoms with Gasteiger partial charge in [0.15, 0.2) is 0 Å². The van der Waals surface area contributed by atoms with Gasteiger partial charge in [0.1, 0.15) is 12.1 Å². The fourth-order valence-electron chi connectivity index (χ4n) is 2.50. The van der Waals surface area contributed by atoms with Crippen molar-refractivity contribution in [3.05, 3.63) is 47.0 Å². The molecule has 0 bridgehead atoms. The monoisotopic (exact) mass is 287 g/mol. The van der Waals surface area contributed by atoms with Crippen molar-refractivity contribution in [2.24, 2.45) is 5.92 Å². The van der Waals surface area contributed by atoms with Gasteiger partial charge in [-0.2, -0.15) is 0 Å². The zero-order chi connectivity index (χ0) is 14.5. The highest BCUT2D eigenvalue weighted by Crippen LogP contribution is 2.16. The number of anilines is 1. The van der Waals surface area contributed by atoms with Gasteiger partial charge in [-0.05, 0) is 12.5 Å². The highest BCUT2D eigenvalue weighted by Gasteiger charge is 2.20. The minimum atomic E-state index is -0.123. The Bertz CT molecular complexity index is 631. The van der Waals surface area contributed by atoms with Crippen molar-refractivity contribution in [3.63, 3.8) is 0 Å². The third-order valence-electron chi connectivity index (χ3n) is 3.46. The van der Waals surface area contributed by atoms with Gasteiger partial charge in [-0.3, -0.25) is 4.79 Å². The van der Waals surface area contributed by atoms with Gasteiger partial charge in [0.05, 0.1) is 19.5 Å². The number of aromatic amines is 1. The number of hydrogen-bond donors (Lipinski definition) is 1. The SMILES string of the molecule is O=c1cc(CC2COCCN(c3ccncn3)C2)nc[nH]1. The van der Waals surface area contributed by atoms with Crippen LogP contribution < -0.4 is 10.5 Å². The first-order valence-corrected chi connectivity index (χ1v) is 6.93. The molecule has 3 rings (SSSR count). The highest BCUT2D eigenvalue weighted by atomic mass is 16.5. The van der Waals surface area contributed by atoms with E-state index in [2.05, 4.69) is 24.8 Å². The van der Waals surface area contributed by atoms with Crippen LogP contribution >= 0.6 is 0 Å². The summed E-state index contributed by atoms with van der Waals surface area (Å²) in [7, 11) is 0. The summed E-state index contributed by atoms with van der Waals surface area (Å²) in [6.07, 6.45) is 5.44. The molecule has 2 aromatic rings. The lowest BCUT2D eigenvalue weighted by molar-refractivity contribution is 0.123. The van der Waals surface area contributed by atoms with Crippen molar-refractivity contribution in [2.45, 2.75) is 6.42 Å². The Morgan fingerprint density at radius 3 is 3.19 bits per heavy atom. The summed E-state index contributed by atoms with van der Waals surface area (Å²) in [6, 6.07) is 3.44. The van der Waals surface area contributed by atoms with E-state index >= 15 is 0 Å². The Morgan fingerprint density at radius 1 is 1.43 bits per heavy atom. The zero-order valence-corrected chi connectivity index (χ0v) is 11.6. The smallest absolute Gasteiger partial charge is 0.250 e. The van der Waals surface area contributed by atoms with E-state index in [1.807, 2.05) is 6.07 Å². The van der Waals surface area contributed by atoms with Crippen LogP contribution in [0.1, 0.15) is 5.69 Å². The minimum Gasteiger partial charge on any atom is -0.379 e. The van der Waals surface area contributed by atoms with Crippen molar-refractivity contribution in [1.82, 2.24) is 19.9 Å². The molecule has 0 radical (unpaired) electrons. The largest absolute Gasteiger partial charge is 0.379 e. The molecule has 1 aliphatic heterocycles. The van der Waals surface area contributed by atoms with Gasteiger partial charge in [0.25, 0.3) is 5.56 Å². The Balaban J connectivity index is 1.72. The molecule has 110 valence electrons. The second-order valence-electron chi connectivity index (χ2n) is 5.06. The second-order valence-corrected chi connectivity index (χ2v) is 5.06. The number of rotatable bonds is 3. The second kappa shape index (κ2) is 6.45. The van der Waals surface area contributed by atoms with Crippen LogP contribution in [0.25, 0.3) is 0 Å². The summed E-state index contributed by atoms with van der Waals surface area (Å²) in [4.78, 5) is 28.5. The van der Waals surface area contributed by atoms with Gasteiger partial charge in [-0.15, -0.1) is 0 Å². The first-order valence-electron chi connectivity index (χ1n) is 6.93. The lowest BCUT2D eigenvalue weighted by atomic mass is 10.0. The Kier molecular flexibility index (Phi) is 4.20. The maximum Gasteiger partial charge on any atom is 0.250 e. The molecule has 2 aromatic heterocycles. The van der Waals surface area contributed by atoms with E-state index in [0.29, 0.717) is 19.6 Å². The van der Waals surface area contributed by atoms with Gasteiger partial charge in [-0.1, -0.05) is 0 Å². The molecule has 3 heterocycles. The van der Waals surface area contributed by atoms with Crippen LogP contribution in [0.5, 0.6) is 0 Å². The fourth-order valence-corrected chi connectivity index (χ4v) is 2.50. The molecule has 0 spiro atoms. The number of nitrogens with one attached hydrogen (secondary N) is 1. The average molecular weight is 287 g/mol. The number of ether oxygens (including phenoxy) is 1. The van der Waals surface area contributed by atoms with Gasteiger partial charge in [0.2, 0.25) is 0 Å². The Morgan fingerprint density at radius 2 is 2.38 bits per heavy atom. The summed E-state index contributed by atoms with van der Waals surface area (Å²) in [6.45, 7) is 2.96. The standard InChI is InChI=1S/C14H17N5O2/c20-14-6-12(16-10-18-14)5-11-7-19(3-4-21-8-11)13-1-2-15-9-17-13/h1-2,6,9-11H,3-5,7-8H2,(H,16,18,20). The highest BCUT2D eigenvalue weighted by molar-refractivity contribution is 5.36. The van der Waals surface area contributed by atoms with Crippen molar-refractivity contribution in [3.8, 4) is 0 Å². The molecule has 21 heavy (non-hydrogen) atoms. The van der Waals surface area contributed by atoms with E-state index < -0.39 is 0 Å². The first kappa shape index (κ1) is 13.7. The third-order valence-corrected chi connectivity index (χ3v) is 3.46. The number of hydrogen-bond acceptors (Lipinski definition) is 6. The summed E-state index contributed by atoms with van der Waals surface area (Å²) in [5, 5.41) is 0. The molecule has 0 amide bonds. The van der Waals surface area contributed by atoms with E-state index in [-0.39, 0.29) is 11.5 Å². The topological polar surface area (TPSA) is 84.0 Å². The first-order chi connectivity index (χ1) is 10.3. The van der Waals surface area contributed by atoms with Crippen LogP contribution in [0.15, 0.2) is 35.8 Å². The van der Waals surface area contributed by atoms with Crippen molar-refractivity contribution in [2.75, 3.05) is 31.2 Å². The minimum absolute atomic E-state index is 0.123. The maximum absolute atomic E-state index is 11.3. The van der Waals surface area contributed by atoms with Gasteiger partial charge < -0.3 is 14.6 Å². The Hall–Kier alpha value is -2.28. The molecule has 0 aromatic carbocycles. The van der Waals surface area contributed by atoms with Crippen molar-refractivity contribution in [1.29, 1.82) is 0 Å². The maximum atomic E-state index is 11.3. The van der Waals surface area contributed by atoms with E-state index in [9.17, 15) is 4.79 Å². The number of H-pyrrole nitrogens is 1. The molecule has 7 nitrogen and oxygen atoms in total. The Labute approximate surface area is 122 Å². The normalized spacial score (nSPS) is 19.2. The summed E-state index contributed by atoms with van der Waals surface area (Å²) in [5.74, 6) is 1.18. The predicted molar refractivity (Wildman–Crippen MR) is 77.1 cm³/mol. The molecule has 0 aliphatic carbocycles. The van der Waals surface area contributed by atoms with Gasteiger partial charge in [0, 0.05) is 37.0 Å². The molecule has 1 atom stereocenters. The molecular formula is C14H17N5O2. The molecule has 7 heteroatoms. The quantitative estimate of drug-likeness (QED) is 0.871. The van der Waals surface area contributed by atoms with Crippen molar-refractivity contribution >= 4 is 5.82 Å². The van der Waals surface area contributed by atoms with Crippen molar-refractivity contribution < 1.29 is 4.74 Å². The van der Waals surface area contributed by atoms with Crippen LogP contribution in [0, 0.1) is 5.92 Å².